The van der Waals surface area contributed by atoms with Crippen LogP contribution in [-0.4, -0.2) is 22.0 Å². The first-order chi connectivity index (χ1) is 8.07. The molecule has 0 saturated heterocycles. The molecule has 0 aliphatic carbocycles. The molecule has 0 spiro atoms. The molecule has 0 radical (unpaired) electrons. The van der Waals surface area contributed by atoms with E-state index in [2.05, 4.69) is 0 Å². The van der Waals surface area contributed by atoms with Gasteiger partial charge in [-0.25, -0.2) is 4.79 Å². The van der Waals surface area contributed by atoms with Crippen molar-refractivity contribution < 1.29 is 19.8 Å². The van der Waals surface area contributed by atoms with E-state index in [1.54, 1.807) is 18.2 Å². The van der Waals surface area contributed by atoms with Crippen LogP contribution in [0.15, 0.2) is 47.7 Å². The number of benzene rings is 1. The summed E-state index contributed by atoms with van der Waals surface area (Å²) in [6, 6.07) is 8.04. The number of aliphatic carboxylic acids is 1. The average molecular weight is 253 g/mol. The summed E-state index contributed by atoms with van der Waals surface area (Å²) in [6.07, 6.45) is 1.30. The van der Waals surface area contributed by atoms with E-state index in [0.29, 0.717) is 11.8 Å². The zero-order chi connectivity index (χ0) is 12.8. The van der Waals surface area contributed by atoms with Gasteiger partial charge in [-0.15, -0.1) is 0 Å². The lowest BCUT2D eigenvalue weighted by molar-refractivity contribution is -0.130. The first-order valence-electron chi connectivity index (χ1n) is 4.61. The van der Waals surface area contributed by atoms with Gasteiger partial charge in [0.1, 0.15) is 5.03 Å². The Morgan fingerprint density at radius 1 is 1.18 bits per heavy atom. The van der Waals surface area contributed by atoms with Crippen LogP contribution in [0.2, 0.25) is 0 Å². The van der Waals surface area contributed by atoms with Gasteiger partial charge in [0.15, 0.2) is 0 Å². The van der Waals surface area contributed by atoms with Crippen LogP contribution >= 0.6 is 11.6 Å². The van der Waals surface area contributed by atoms with Crippen LogP contribution in [0, 0.1) is 0 Å². The van der Waals surface area contributed by atoms with Crippen molar-refractivity contribution in [1.82, 2.24) is 0 Å². The van der Waals surface area contributed by atoms with E-state index in [9.17, 15) is 9.59 Å². The SMILES string of the molecule is O=C(O)C(=C(Cl)C(=O)/C=C/O)c1ccccc1. The summed E-state index contributed by atoms with van der Waals surface area (Å²) < 4.78 is 0. The molecule has 1 aromatic carbocycles. The van der Waals surface area contributed by atoms with Gasteiger partial charge in [-0.1, -0.05) is 41.9 Å². The number of carbonyl (C=O) groups is 2. The maximum atomic E-state index is 11.4. The smallest absolute Gasteiger partial charge is 0.337 e. The van der Waals surface area contributed by atoms with Crippen molar-refractivity contribution in [2.45, 2.75) is 0 Å². The minimum absolute atomic E-state index is 0.296. The van der Waals surface area contributed by atoms with Crippen LogP contribution < -0.4 is 0 Å². The van der Waals surface area contributed by atoms with Crippen LogP contribution in [0.1, 0.15) is 5.56 Å². The highest BCUT2D eigenvalue weighted by atomic mass is 35.5. The molecule has 88 valence electrons. The number of halogens is 1. The highest BCUT2D eigenvalue weighted by Crippen LogP contribution is 2.22. The lowest BCUT2D eigenvalue weighted by Gasteiger charge is -2.04. The summed E-state index contributed by atoms with van der Waals surface area (Å²) in [5.41, 5.74) is 0.0278. The maximum absolute atomic E-state index is 11.4. The fraction of sp³-hybridized carbons (Fsp3) is 0. The van der Waals surface area contributed by atoms with Gasteiger partial charge in [0.25, 0.3) is 0 Å². The Hall–Kier alpha value is -2.07. The number of hydrogen-bond acceptors (Lipinski definition) is 3. The van der Waals surface area contributed by atoms with E-state index in [1.807, 2.05) is 0 Å². The lowest BCUT2D eigenvalue weighted by atomic mass is 10.0. The standard InChI is InChI=1S/C12H9ClO4/c13-11(9(15)6-7-14)10(12(16)17)8-4-2-1-3-5-8/h1-7,14H,(H,16,17)/b7-6+,11-10?. The second kappa shape index (κ2) is 5.86. The predicted octanol–water partition coefficient (Wildman–Crippen LogP) is 2.36. The Labute approximate surface area is 102 Å². The van der Waals surface area contributed by atoms with Gasteiger partial charge in [0.05, 0.1) is 11.8 Å². The molecule has 0 bridgehead atoms. The third-order valence-corrected chi connectivity index (χ3v) is 2.31. The molecule has 0 aliphatic heterocycles. The van der Waals surface area contributed by atoms with Gasteiger partial charge in [0, 0.05) is 6.08 Å². The van der Waals surface area contributed by atoms with Crippen LogP contribution in [0.4, 0.5) is 0 Å². The van der Waals surface area contributed by atoms with E-state index in [4.69, 9.17) is 21.8 Å². The van der Waals surface area contributed by atoms with Gasteiger partial charge in [0.2, 0.25) is 5.78 Å². The molecule has 4 nitrogen and oxygen atoms in total. The van der Waals surface area contributed by atoms with E-state index in [-0.39, 0.29) is 5.57 Å². The highest BCUT2D eigenvalue weighted by molar-refractivity contribution is 6.51. The van der Waals surface area contributed by atoms with E-state index >= 15 is 0 Å². The molecule has 0 unspecified atom stereocenters. The first kappa shape index (κ1) is 13.0. The van der Waals surface area contributed by atoms with E-state index in [0.717, 1.165) is 6.08 Å². The number of aliphatic hydroxyl groups excluding tert-OH is 1. The second-order valence-corrected chi connectivity index (χ2v) is 3.42. The van der Waals surface area contributed by atoms with Crippen molar-refractivity contribution in [2.24, 2.45) is 0 Å². The highest BCUT2D eigenvalue weighted by Gasteiger charge is 2.19. The summed E-state index contributed by atoms with van der Waals surface area (Å²) in [7, 11) is 0. The Morgan fingerprint density at radius 3 is 2.24 bits per heavy atom. The molecule has 1 rings (SSSR count). The van der Waals surface area contributed by atoms with Crippen molar-refractivity contribution in [3.63, 3.8) is 0 Å². The second-order valence-electron chi connectivity index (χ2n) is 3.04. The fourth-order valence-corrected chi connectivity index (χ4v) is 1.47. The zero-order valence-electron chi connectivity index (χ0n) is 8.63. The molecular formula is C12H9ClO4. The Balaban J connectivity index is 3.32. The fourth-order valence-electron chi connectivity index (χ4n) is 1.21. The molecule has 0 heterocycles. The van der Waals surface area contributed by atoms with E-state index in [1.165, 1.54) is 12.1 Å². The van der Waals surface area contributed by atoms with Crippen LogP contribution in [0.3, 0.4) is 0 Å². The van der Waals surface area contributed by atoms with Crippen molar-refractivity contribution in [1.29, 1.82) is 0 Å². The molecule has 17 heavy (non-hydrogen) atoms. The summed E-state index contributed by atoms with van der Waals surface area (Å²) in [5, 5.41) is 17.0. The molecule has 2 N–H and O–H groups in total. The van der Waals surface area contributed by atoms with Crippen LogP contribution in [0.25, 0.3) is 5.57 Å². The quantitative estimate of drug-likeness (QED) is 0.637. The third kappa shape index (κ3) is 3.19. The van der Waals surface area contributed by atoms with Crippen LogP contribution in [0.5, 0.6) is 0 Å². The van der Waals surface area contributed by atoms with Crippen molar-refractivity contribution >= 4 is 28.9 Å². The van der Waals surface area contributed by atoms with Crippen molar-refractivity contribution in [3.05, 3.63) is 53.3 Å². The van der Waals surface area contributed by atoms with Gasteiger partial charge in [-0.2, -0.15) is 0 Å². The summed E-state index contributed by atoms with van der Waals surface area (Å²) >= 11 is 5.69. The molecule has 5 heteroatoms. The number of hydrogen-bond donors (Lipinski definition) is 2. The number of aliphatic hydroxyl groups is 1. The minimum atomic E-state index is -1.30. The first-order valence-corrected chi connectivity index (χ1v) is 4.99. The zero-order valence-corrected chi connectivity index (χ0v) is 9.39. The molecule has 0 amide bonds. The molecule has 0 saturated carbocycles. The van der Waals surface area contributed by atoms with Crippen molar-refractivity contribution in [3.8, 4) is 0 Å². The topological polar surface area (TPSA) is 74.6 Å². The van der Waals surface area contributed by atoms with Gasteiger partial charge in [-0.3, -0.25) is 4.79 Å². The Morgan fingerprint density at radius 2 is 1.76 bits per heavy atom. The summed E-state index contributed by atoms with van der Waals surface area (Å²) in [5.74, 6) is -2.07. The van der Waals surface area contributed by atoms with Gasteiger partial charge in [-0.05, 0) is 5.56 Å². The number of carboxylic acid groups (broad SMARTS) is 1. The predicted molar refractivity (Wildman–Crippen MR) is 63.6 cm³/mol. The van der Waals surface area contributed by atoms with Gasteiger partial charge >= 0.3 is 5.97 Å². The summed E-state index contributed by atoms with van der Waals surface area (Å²) in [6.45, 7) is 0. The van der Waals surface area contributed by atoms with Crippen molar-refractivity contribution in [2.75, 3.05) is 0 Å². The normalized spacial score (nSPS) is 12.3. The Kier molecular flexibility index (Phi) is 4.48. The molecule has 0 fully saturated rings. The van der Waals surface area contributed by atoms with Gasteiger partial charge < -0.3 is 10.2 Å². The molecule has 1 aromatic rings. The number of carbonyl (C=O) groups excluding carboxylic acids is 1. The third-order valence-electron chi connectivity index (χ3n) is 1.94. The molecule has 0 aliphatic rings. The largest absolute Gasteiger partial charge is 0.515 e. The molecule has 0 atom stereocenters. The molecular weight excluding hydrogens is 244 g/mol. The number of ketones is 1. The lowest BCUT2D eigenvalue weighted by Crippen LogP contribution is -2.06. The average Bonchev–Trinajstić information content (AvgIpc) is 2.30. The minimum Gasteiger partial charge on any atom is -0.515 e. The number of allylic oxidation sites excluding steroid dienone is 2. The summed E-state index contributed by atoms with van der Waals surface area (Å²) in [4.78, 5) is 22.4. The Bertz CT molecular complexity index is 488. The monoisotopic (exact) mass is 252 g/mol. The van der Waals surface area contributed by atoms with Crippen LogP contribution in [-0.2, 0) is 9.59 Å². The van der Waals surface area contributed by atoms with E-state index < -0.39 is 16.8 Å². The number of carboxylic acids is 1. The maximum Gasteiger partial charge on any atom is 0.337 e. The molecule has 0 aromatic heterocycles. The number of rotatable bonds is 4.